The maximum Gasteiger partial charge on any atom is 0.224 e. The minimum Gasteiger partial charge on any atom is -0.466 e. The number of nitrogen functional groups attached to an aromatic ring is 1. The van der Waals surface area contributed by atoms with Crippen LogP contribution in [0.5, 0.6) is 0 Å². The topological polar surface area (TPSA) is 106 Å². The summed E-state index contributed by atoms with van der Waals surface area (Å²) in [6.45, 7) is 5.92. The molecule has 0 saturated heterocycles. The van der Waals surface area contributed by atoms with Gasteiger partial charge in [-0.15, -0.1) is 0 Å². The highest BCUT2D eigenvalue weighted by atomic mass is 16.3. The van der Waals surface area contributed by atoms with E-state index >= 15 is 0 Å². The zero-order valence-electron chi connectivity index (χ0n) is 11.6. The van der Waals surface area contributed by atoms with E-state index in [0.29, 0.717) is 11.5 Å². The van der Waals surface area contributed by atoms with Gasteiger partial charge in [0.15, 0.2) is 5.65 Å². The number of rotatable bonds is 3. The average molecular weight is 272 g/mol. The molecule has 3 aromatic heterocycles. The highest BCUT2D eigenvalue weighted by molar-refractivity contribution is 5.86. The summed E-state index contributed by atoms with van der Waals surface area (Å²) in [5.41, 5.74) is 7.42. The van der Waals surface area contributed by atoms with E-state index in [1.807, 2.05) is 26.8 Å². The largest absolute Gasteiger partial charge is 0.466 e. The molecule has 104 valence electrons. The van der Waals surface area contributed by atoms with Crippen molar-refractivity contribution in [2.75, 3.05) is 11.1 Å². The Kier molecular flexibility index (Phi) is 2.81. The van der Waals surface area contributed by atoms with Gasteiger partial charge < -0.3 is 15.5 Å². The molecule has 0 bridgehead atoms. The Hall–Kier alpha value is -2.57. The molecule has 0 spiro atoms. The van der Waals surface area contributed by atoms with Crippen molar-refractivity contribution in [1.29, 1.82) is 0 Å². The van der Waals surface area contributed by atoms with Crippen molar-refractivity contribution in [2.24, 2.45) is 0 Å². The fourth-order valence-electron chi connectivity index (χ4n) is 2.33. The van der Waals surface area contributed by atoms with E-state index in [4.69, 9.17) is 10.2 Å². The quantitative estimate of drug-likeness (QED) is 0.675. The minimum atomic E-state index is 0.0415. The Balaban J connectivity index is 1.96. The molecule has 0 aromatic carbocycles. The first kappa shape index (κ1) is 12.5. The summed E-state index contributed by atoms with van der Waals surface area (Å²) < 4.78 is 5.55. The first-order valence-electron chi connectivity index (χ1n) is 6.34. The van der Waals surface area contributed by atoms with E-state index in [1.165, 1.54) is 0 Å². The maximum absolute atomic E-state index is 5.70. The average Bonchev–Trinajstić information content (AvgIpc) is 2.95. The van der Waals surface area contributed by atoms with Crippen LogP contribution in [0.2, 0.25) is 0 Å². The van der Waals surface area contributed by atoms with Gasteiger partial charge in [0.1, 0.15) is 17.3 Å². The van der Waals surface area contributed by atoms with E-state index in [2.05, 4.69) is 25.5 Å². The number of nitrogens with zero attached hydrogens (tertiary/aromatic N) is 3. The predicted octanol–water partition coefficient (Wildman–Crippen LogP) is 2.32. The monoisotopic (exact) mass is 272 g/mol. The zero-order valence-corrected chi connectivity index (χ0v) is 11.6. The molecule has 3 aromatic rings. The molecule has 1 unspecified atom stereocenters. The van der Waals surface area contributed by atoms with Crippen LogP contribution in [0.1, 0.15) is 30.0 Å². The van der Waals surface area contributed by atoms with Gasteiger partial charge in [-0.2, -0.15) is 15.1 Å². The van der Waals surface area contributed by atoms with Crippen LogP contribution in [0.15, 0.2) is 16.7 Å². The SMILES string of the molecule is Cc1cc(C(C)Nc2nc(N)nc3[nH]ncc23)c(C)o1. The lowest BCUT2D eigenvalue weighted by molar-refractivity contribution is 0.500. The van der Waals surface area contributed by atoms with Gasteiger partial charge in [-0.3, -0.25) is 5.10 Å². The third-order valence-corrected chi connectivity index (χ3v) is 3.23. The summed E-state index contributed by atoms with van der Waals surface area (Å²) >= 11 is 0. The third-order valence-electron chi connectivity index (χ3n) is 3.23. The Morgan fingerprint density at radius 1 is 1.35 bits per heavy atom. The van der Waals surface area contributed by atoms with Crippen molar-refractivity contribution in [3.8, 4) is 0 Å². The highest BCUT2D eigenvalue weighted by Crippen LogP contribution is 2.27. The van der Waals surface area contributed by atoms with Crippen LogP contribution < -0.4 is 11.1 Å². The van der Waals surface area contributed by atoms with Gasteiger partial charge in [0, 0.05) is 5.56 Å². The number of aromatic nitrogens is 4. The van der Waals surface area contributed by atoms with E-state index in [-0.39, 0.29) is 12.0 Å². The van der Waals surface area contributed by atoms with Crippen molar-refractivity contribution < 1.29 is 4.42 Å². The van der Waals surface area contributed by atoms with Crippen molar-refractivity contribution in [3.63, 3.8) is 0 Å². The van der Waals surface area contributed by atoms with Crippen molar-refractivity contribution in [2.45, 2.75) is 26.8 Å². The molecule has 0 saturated carbocycles. The molecule has 0 amide bonds. The van der Waals surface area contributed by atoms with Crippen LogP contribution in [0.25, 0.3) is 11.0 Å². The predicted molar refractivity (Wildman–Crippen MR) is 76.3 cm³/mol. The number of nitrogens with one attached hydrogen (secondary N) is 2. The fraction of sp³-hybridized carbons (Fsp3) is 0.308. The van der Waals surface area contributed by atoms with Crippen molar-refractivity contribution >= 4 is 22.8 Å². The number of aryl methyl sites for hydroxylation is 2. The number of H-pyrrole nitrogens is 1. The molecule has 4 N–H and O–H groups in total. The normalized spacial score (nSPS) is 12.8. The number of hydrogen-bond donors (Lipinski definition) is 3. The minimum absolute atomic E-state index is 0.0415. The Morgan fingerprint density at radius 2 is 2.15 bits per heavy atom. The number of furan rings is 1. The molecular formula is C13H16N6O. The van der Waals surface area contributed by atoms with E-state index in [1.54, 1.807) is 6.20 Å². The summed E-state index contributed by atoms with van der Waals surface area (Å²) in [5.74, 6) is 2.65. The molecule has 0 radical (unpaired) electrons. The van der Waals surface area contributed by atoms with Gasteiger partial charge in [0.2, 0.25) is 5.95 Å². The summed E-state index contributed by atoms with van der Waals surface area (Å²) in [4.78, 5) is 8.33. The van der Waals surface area contributed by atoms with Crippen LogP contribution in [-0.2, 0) is 0 Å². The number of aromatic amines is 1. The van der Waals surface area contributed by atoms with Crippen molar-refractivity contribution in [3.05, 3.63) is 29.3 Å². The molecule has 0 aliphatic heterocycles. The summed E-state index contributed by atoms with van der Waals surface area (Å²) in [6, 6.07) is 2.06. The zero-order chi connectivity index (χ0) is 14.3. The third kappa shape index (κ3) is 2.07. The lowest BCUT2D eigenvalue weighted by Crippen LogP contribution is -2.10. The van der Waals surface area contributed by atoms with Crippen LogP contribution in [-0.4, -0.2) is 20.2 Å². The number of nitrogens with two attached hydrogens (primary N) is 1. The molecule has 1 atom stereocenters. The summed E-state index contributed by atoms with van der Waals surface area (Å²) in [6.07, 6.45) is 1.68. The van der Waals surface area contributed by atoms with Gasteiger partial charge in [-0.25, -0.2) is 0 Å². The number of anilines is 2. The highest BCUT2D eigenvalue weighted by Gasteiger charge is 2.15. The molecule has 3 rings (SSSR count). The summed E-state index contributed by atoms with van der Waals surface area (Å²) in [5, 5.41) is 10.9. The van der Waals surface area contributed by atoms with Crippen molar-refractivity contribution in [1.82, 2.24) is 20.2 Å². The van der Waals surface area contributed by atoms with Gasteiger partial charge >= 0.3 is 0 Å². The molecule has 20 heavy (non-hydrogen) atoms. The first-order valence-corrected chi connectivity index (χ1v) is 6.34. The molecular weight excluding hydrogens is 256 g/mol. The number of fused-ring (bicyclic) bond motifs is 1. The second kappa shape index (κ2) is 4.52. The fourth-order valence-corrected chi connectivity index (χ4v) is 2.33. The van der Waals surface area contributed by atoms with Crippen LogP contribution >= 0.6 is 0 Å². The van der Waals surface area contributed by atoms with E-state index in [0.717, 1.165) is 22.5 Å². The Labute approximate surface area is 115 Å². The Bertz CT molecular complexity index is 759. The first-order chi connectivity index (χ1) is 9.54. The molecule has 7 nitrogen and oxygen atoms in total. The molecule has 3 heterocycles. The lowest BCUT2D eigenvalue weighted by atomic mass is 10.1. The second-order valence-corrected chi connectivity index (χ2v) is 4.80. The van der Waals surface area contributed by atoms with E-state index < -0.39 is 0 Å². The van der Waals surface area contributed by atoms with Crippen LogP contribution in [0, 0.1) is 13.8 Å². The molecule has 0 aliphatic rings. The maximum atomic E-state index is 5.70. The molecule has 0 aliphatic carbocycles. The standard InChI is InChI=1S/C13H16N6O/c1-6-4-9(8(3)20-6)7(2)16-11-10-5-15-19-12(10)18-13(14)17-11/h4-5,7H,1-3H3,(H4,14,15,16,17,18,19). The van der Waals surface area contributed by atoms with Gasteiger partial charge in [-0.1, -0.05) is 0 Å². The van der Waals surface area contributed by atoms with Gasteiger partial charge in [0.25, 0.3) is 0 Å². The Morgan fingerprint density at radius 3 is 2.85 bits per heavy atom. The number of hydrogen-bond acceptors (Lipinski definition) is 6. The summed E-state index contributed by atoms with van der Waals surface area (Å²) in [7, 11) is 0. The van der Waals surface area contributed by atoms with Gasteiger partial charge in [0.05, 0.1) is 17.6 Å². The second-order valence-electron chi connectivity index (χ2n) is 4.80. The van der Waals surface area contributed by atoms with Crippen LogP contribution in [0.3, 0.4) is 0 Å². The van der Waals surface area contributed by atoms with Gasteiger partial charge in [-0.05, 0) is 26.8 Å². The van der Waals surface area contributed by atoms with E-state index in [9.17, 15) is 0 Å². The smallest absolute Gasteiger partial charge is 0.224 e. The van der Waals surface area contributed by atoms with Crippen LogP contribution in [0.4, 0.5) is 11.8 Å². The molecule has 0 fully saturated rings. The molecule has 7 heteroatoms. The lowest BCUT2D eigenvalue weighted by Gasteiger charge is -2.14.